The molecule has 4 atom stereocenters. The first-order valence-electron chi connectivity index (χ1n) is 15.0. The molecule has 2 aliphatic rings. The van der Waals surface area contributed by atoms with Crippen LogP contribution in [0.4, 0.5) is 19.0 Å². The molecule has 1 amide bonds. The fourth-order valence-corrected chi connectivity index (χ4v) is 8.38. The molecule has 1 saturated heterocycles. The Kier molecular flexibility index (Phi) is 11.6. The third-order valence-electron chi connectivity index (χ3n) is 8.69. The van der Waals surface area contributed by atoms with Gasteiger partial charge >= 0.3 is 12.1 Å². The van der Waals surface area contributed by atoms with Crippen LogP contribution < -0.4 is 5.32 Å². The van der Waals surface area contributed by atoms with Crippen LogP contribution in [0, 0.1) is 5.92 Å². The van der Waals surface area contributed by atoms with Crippen molar-refractivity contribution < 1.29 is 36.3 Å². The number of carboxylic acids is 1. The second-order valence-electron chi connectivity index (χ2n) is 12.0. The number of fused-ring (bicyclic) bond motifs is 1. The highest BCUT2D eigenvalue weighted by atomic mass is 35.5. The number of alkyl halides is 3. The smallest absolute Gasteiger partial charge is 0.475 e. The van der Waals surface area contributed by atoms with Gasteiger partial charge in [-0.1, -0.05) is 41.4 Å². The maximum Gasteiger partial charge on any atom is 0.490 e. The van der Waals surface area contributed by atoms with Crippen LogP contribution in [-0.4, -0.2) is 94.9 Å². The molecule has 2 N–H and O–H groups in total. The van der Waals surface area contributed by atoms with Crippen molar-refractivity contribution in [3.8, 4) is 0 Å². The maximum atomic E-state index is 13.8. The Balaban J connectivity index is 0.000000644. The summed E-state index contributed by atoms with van der Waals surface area (Å²) < 4.78 is 58.7. The summed E-state index contributed by atoms with van der Waals surface area (Å²) in [5, 5.41) is 11.9. The average Bonchev–Trinajstić information content (AvgIpc) is 3.36. The number of sulfone groups is 1. The van der Waals surface area contributed by atoms with Gasteiger partial charge in [0, 0.05) is 35.1 Å². The topological polar surface area (TPSA) is 133 Å². The Labute approximate surface area is 281 Å². The van der Waals surface area contributed by atoms with Gasteiger partial charge in [0.2, 0.25) is 5.91 Å². The average molecular weight is 719 g/mol. The van der Waals surface area contributed by atoms with Gasteiger partial charge in [-0.3, -0.25) is 4.79 Å². The molecular weight excluding hydrogens is 682 g/mol. The second-order valence-corrected chi connectivity index (χ2v) is 14.9. The number of likely N-dealkylation sites (tertiary alicyclic amines) is 1. The lowest BCUT2D eigenvalue weighted by Gasteiger charge is -2.44. The van der Waals surface area contributed by atoms with E-state index in [0.29, 0.717) is 50.7 Å². The first-order valence-corrected chi connectivity index (χ1v) is 17.4. The highest BCUT2D eigenvalue weighted by Gasteiger charge is 2.44. The van der Waals surface area contributed by atoms with Crippen molar-refractivity contribution >= 4 is 61.6 Å². The van der Waals surface area contributed by atoms with Crippen molar-refractivity contribution in [1.29, 1.82) is 0 Å². The number of aromatic nitrogens is 2. The number of benzene rings is 2. The van der Waals surface area contributed by atoms with Crippen LogP contribution in [0.15, 0.2) is 53.7 Å². The van der Waals surface area contributed by atoms with Crippen LogP contribution in [0.25, 0.3) is 10.9 Å². The Hall–Kier alpha value is -3.20. The van der Waals surface area contributed by atoms with Crippen molar-refractivity contribution in [1.82, 2.24) is 19.8 Å². The van der Waals surface area contributed by atoms with Gasteiger partial charge in [0.15, 0.2) is 9.84 Å². The van der Waals surface area contributed by atoms with E-state index in [-0.39, 0.29) is 29.7 Å². The van der Waals surface area contributed by atoms with E-state index in [9.17, 15) is 26.4 Å². The van der Waals surface area contributed by atoms with E-state index in [0.717, 1.165) is 19.3 Å². The van der Waals surface area contributed by atoms with E-state index in [1.54, 1.807) is 36.4 Å². The molecule has 0 unspecified atom stereocenters. The molecular formula is C31H36Cl2F3N5O5S. The zero-order valence-electron chi connectivity index (χ0n) is 25.9. The fourth-order valence-electron chi connectivity index (χ4n) is 6.15. The third kappa shape index (κ3) is 8.84. The summed E-state index contributed by atoms with van der Waals surface area (Å²) in [6.07, 6.45) is -0.685. The number of carbonyl (C=O) groups is 2. The van der Waals surface area contributed by atoms with Gasteiger partial charge in [-0.15, -0.1) is 0 Å². The number of carbonyl (C=O) groups excluding carboxylic acids is 1. The SMILES string of the molecule is CC(C)N(C)[C@@H]1CC[C@H](N2CC[C@H](Nc3ncnc4c(Cl)cc(Cl)cc34)C2=O)[C@H](CS(=O)(=O)c2ccccc2)C1.O=C(O)C(F)(F)F. The predicted octanol–water partition coefficient (Wildman–Crippen LogP) is 5.93. The number of halogens is 5. The Morgan fingerprint density at radius 2 is 1.79 bits per heavy atom. The molecule has 1 aliphatic carbocycles. The largest absolute Gasteiger partial charge is 0.490 e. The summed E-state index contributed by atoms with van der Waals surface area (Å²) in [6.45, 7) is 4.86. The molecule has 0 radical (unpaired) electrons. The fraction of sp³-hybridized carbons (Fsp3) is 0.484. The standard InChI is InChI=1S/C29H35Cl2N5O3S.C2HF3O2/c1-18(2)35(3)21-9-10-26(19(13-21)16-40(38,39)22-7-5-4-6-8-22)36-12-11-25(29(36)37)34-28-23-14-20(30)15-24(31)27(23)32-17-33-28;3-2(4,5)1(6)7/h4-8,14-15,17-19,21,25-26H,9-13,16H2,1-3H3,(H,32,33,34);(H,6,7)/t19-,21+,25-,26-;/m0./s1. The van der Waals surface area contributed by atoms with Crippen LogP contribution in [0.5, 0.6) is 0 Å². The van der Waals surface area contributed by atoms with Crippen molar-refractivity contribution in [3.63, 3.8) is 0 Å². The van der Waals surface area contributed by atoms with Crippen LogP contribution in [-0.2, 0) is 19.4 Å². The van der Waals surface area contributed by atoms with Crippen molar-refractivity contribution in [2.75, 3.05) is 24.7 Å². The minimum absolute atomic E-state index is 0.0134. The maximum absolute atomic E-state index is 13.8. The van der Waals surface area contributed by atoms with Gasteiger partial charge < -0.3 is 20.2 Å². The molecule has 0 spiro atoms. The molecule has 1 aromatic heterocycles. The lowest BCUT2D eigenvalue weighted by molar-refractivity contribution is -0.192. The number of aliphatic carboxylic acids is 1. The quantitative estimate of drug-likeness (QED) is 0.291. The number of anilines is 1. The van der Waals surface area contributed by atoms with Crippen molar-refractivity contribution in [2.45, 2.75) is 74.8 Å². The normalized spacial score (nSPS) is 22.0. The zero-order chi connectivity index (χ0) is 34.7. The molecule has 256 valence electrons. The van der Waals surface area contributed by atoms with E-state index in [4.69, 9.17) is 33.1 Å². The minimum Gasteiger partial charge on any atom is -0.475 e. The molecule has 5 rings (SSSR count). The Morgan fingerprint density at radius 3 is 2.40 bits per heavy atom. The van der Waals surface area contributed by atoms with Crippen molar-refractivity contribution in [2.24, 2.45) is 5.92 Å². The van der Waals surface area contributed by atoms with E-state index >= 15 is 0 Å². The van der Waals surface area contributed by atoms with Gasteiger partial charge in [0.25, 0.3) is 0 Å². The summed E-state index contributed by atoms with van der Waals surface area (Å²) in [5.41, 5.74) is 0.560. The van der Waals surface area contributed by atoms with Gasteiger partial charge in [0.1, 0.15) is 18.2 Å². The highest BCUT2D eigenvalue weighted by molar-refractivity contribution is 7.91. The number of rotatable bonds is 8. The Bertz CT molecular complexity index is 1700. The molecule has 2 fully saturated rings. The number of nitrogens with zero attached hydrogens (tertiary/aromatic N) is 4. The number of hydrogen-bond acceptors (Lipinski definition) is 8. The molecule has 1 aliphatic heterocycles. The number of amides is 1. The second kappa shape index (κ2) is 14.9. The van der Waals surface area contributed by atoms with Gasteiger partial charge in [-0.2, -0.15) is 13.2 Å². The first kappa shape index (κ1) is 36.6. The van der Waals surface area contributed by atoms with E-state index in [2.05, 4.69) is 41.1 Å². The summed E-state index contributed by atoms with van der Waals surface area (Å²) in [5.74, 6) is -2.46. The van der Waals surface area contributed by atoms with Crippen LogP contribution >= 0.6 is 23.2 Å². The molecule has 10 nitrogen and oxygen atoms in total. The minimum atomic E-state index is -5.08. The van der Waals surface area contributed by atoms with Gasteiger partial charge in [-0.05, 0) is 76.8 Å². The molecule has 2 heterocycles. The summed E-state index contributed by atoms with van der Waals surface area (Å²) in [4.78, 5) is 35.9. The van der Waals surface area contributed by atoms with Gasteiger partial charge in [0.05, 0.1) is 21.2 Å². The van der Waals surface area contributed by atoms with Crippen molar-refractivity contribution in [3.05, 3.63) is 58.8 Å². The lowest BCUT2D eigenvalue weighted by Crippen LogP contribution is -2.52. The summed E-state index contributed by atoms with van der Waals surface area (Å²) in [7, 11) is -1.42. The van der Waals surface area contributed by atoms with E-state index in [1.165, 1.54) is 6.33 Å². The van der Waals surface area contributed by atoms with Crippen LogP contribution in [0.2, 0.25) is 10.0 Å². The summed E-state index contributed by atoms with van der Waals surface area (Å²) in [6, 6.07) is 11.9. The Morgan fingerprint density at radius 1 is 1.13 bits per heavy atom. The molecule has 2 aromatic carbocycles. The summed E-state index contributed by atoms with van der Waals surface area (Å²) >= 11 is 12.6. The number of nitrogens with one attached hydrogen (secondary N) is 1. The lowest BCUT2D eigenvalue weighted by atomic mass is 9.81. The molecule has 1 saturated carbocycles. The van der Waals surface area contributed by atoms with Gasteiger partial charge in [-0.25, -0.2) is 23.2 Å². The molecule has 3 aromatic rings. The first-order chi connectivity index (χ1) is 22.0. The molecule has 47 heavy (non-hydrogen) atoms. The highest BCUT2D eigenvalue weighted by Crippen LogP contribution is 2.37. The molecule has 16 heteroatoms. The number of carboxylic acid groups (broad SMARTS) is 1. The van der Waals surface area contributed by atoms with Crippen LogP contribution in [0.1, 0.15) is 39.5 Å². The predicted molar refractivity (Wildman–Crippen MR) is 173 cm³/mol. The number of hydrogen-bond donors (Lipinski definition) is 2. The van der Waals surface area contributed by atoms with Crippen LogP contribution in [0.3, 0.4) is 0 Å². The van der Waals surface area contributed by atoms with E-state index in [1.807, 2.05) is 11.0 Å². The van der Waals surface area contributed by atoms with E-state index < -0.39 is 28.0 Å². The third-order valence-corrected chi connectivity index (χ3v) is 11.1. The molecule has 0 bridgehead atoms. The monoisotopic (exact) mass is 717 g/mol. The zero-order valence-corrected chi connectivity index (χ0v) is 28.2.